The quantitative estimate of drug-likeness (QED) is 0.539. The van der Waals surface area contributed by atoms with Gasteiger partial charge in [-0.25, -0.2) is 9.59 Å². The van der Waals surface area contributed by atoms with Gasteiger partial charge in [-0.05, 0) is 46.7 Å². The molecule has 0 saturated carbocycles. The smallest absolute Gasteiger partial charge is 0.389 e. The summed E-state index contributed by atoms with van der Waals surface area (Å²) in [5.41, 5.74) is 2.46. The molecule has 0 bridgehead atoms. The van der Waals surface area contributed by atoms with Crippen LogP contribution in [-0.4, -0.2) is 46.7 Å². The van der Waals surface area contributed by atoms with Gasteiger partial charge in [-0.1, -0.05) is 0 Å². The minimum Gasteiger partial charge on any atom is -0.493 e. The van der Waals surface area contributed by atoms with Crippen LogP contribution in [0.3, 0.4) is 0 Å². The Hall–Kier alpha value is -4.14. The molecule has 0 fully saturated rings. The summed E-state index contributed by atoms with van der Waals surface area (Å²) in [6, 6.07) is 8.90. The first kappa shape index (κ1) is 20.7. The first-order valence-electron chi connectivity index (χ1n) is 10.0. The molecule has 1 atom stereocenters. The summed E-state index contributed by atoms with van der Waals surface area (Å²) < 4.78 is 37.8. The zero-order chi connectivity index (χ0) is 23.3. The Labute approximate surface area is 188 Å². The molecule has 0 aromatic heterocycles. The molecule has 0 aliphatic carbocycles. The monoisotopic (exact) mass is 452 g/mol. The number of hydrogen-bond donors (Lipinski definition) is 0. The van der Waals surface area contributed by atoms with Crippen molar-refractivity contribution in [3.63, 3.8) is 0 Å². The maximum atomic E-state index is 12.7. The highest BCUT2D eigenvalue weighted by atomic mass is 16.7. The summed E-state index contributed by atoms with van der Waals surface area (Å²) >= 11 is 0. The second-order valence-corrected chi connectivity index (χ2v) is 7.39. The molecule has 3 aromatic carbocycles. The van der Waals surface area contributed by atoms with E-state index < -0.39 is 18.2 Å². The van der Waals surface area contributed by atoms with Crippen molar-refractivity contribution in [2.24, 2.45) is 0 Å². The molecular formula is C24H20O9. The van der Waals surface area contributed by atoms with Crippen molar-refractivity contribution in [1.29, 1.82) is 0 Å². The van der Waals surface area contributed by atoms with E-state index in [4.69, 9.17) is 33.2 Å². The van der Waals surface area contributed by atoms with Crippen LogP contribution in [0.1, 0.15) is 15.9 Å². The molecule has 0 radical (unpaired) electrons. The summed E-state index contributed by atoms with van der Waals surface area (Å²) in [5, 5.41) is 1.48. The van der Waals surface area contributed by atoms with Gasteiger partial charge in [0.25, 0.3) is 0 Å². The molecule has 2 aliphatic heterocycles. The second-order valence-electron chi connectivity index (χ2n) is 7.39. The lowest BCUT2D eigenvalue weighted by molar-refractivity contribution is -0.158. The summed E-state index contributed by atoms with van der Waals surface area (Å²) in [7, 11) is 5.82. The number of methoxy groups -OCH3 is 4. The van der Waals surface area contributed by atoms with Crippen molar-refractivity contribution in [3.05, 3.63) is 41.5 Å². The summed E-state index contributed by atoms with van der Waals surface area (Å²) in [6.45, 7) is 0.154. The van der Waals surface area contributed by atoms with E-state index in [2.05, 4.69) is 0 Å². The fourth-order valence-electron chi connectivity index (χ4n) is 4.19. The summed E-state index contributed by atoms with van der Waals surface area (Å²) in [4.78, 5) is 24.6. The van der Waals surface area contributed by atoms with Gasteiger partial charge in [0.1, 0.15) is 6.61 Å². The van der Waals surface area contributed by atoms with Gasteiger partial charge in [-0.3, -0.25) is 0 Å². The van der Waals surface area contributed by atoms with E-state index in [1.54, 1.807) is 24.3 Å². The van der Waals surface area contributed by atoms with Crippen LogP contribution >= 0.6 is 0 Å². The lowest BCUT2D eigenvalue weighted by Crippen LogP contribution is -2.30. The van der Waals surface area contributed by atoms with Crippen molar-refractivity contribution < 1.29 is 42.7 Å². The van der Waals surface area contributed by atoms with Gasteiger partial charge in [-0.2, -0.15) is 0 Å². The van der Waals surface area contributed by atoms with Gasteiger partial charge in [0.05, 0.1) is 34.0 Å². The number of cyclic esters (lactones) is 1. The maximum Gasteiger partial charge on any atom is 0.389 e. The third-order valence-electron chi connectivity index (χ3n) is 5.66. The lowest BCUT2D eigenvalue weighted by atomic mass is 9.90. The van der Waals surface area contributed by atoms with Crippen LogP contribution in [-0.2, 0) is 20.9 Å². The fourth-order valence-corrected chi connectivity index (χ4v) is 4.19. The third-order valence-corrected chi connectivity index (χ3v) is 5.66. The molecule has 0 N–H and O–H groups in total. The van der Waals surface area contributed by atoms with Gasteiger partial charge < -0.3 is 33.2 Å². The number of esters is 2. The SMILES string of the molecule is COC(=O)C1Oc2cc3cc4c(c(-c5cc(OC)c(OC)c(OC)c5)c3cc2O1)C(=O)OC4. The van der Waals surface area contributed by atoms with Crippen molar-refractivity contribution in [2.75, 3.05) is 28.4 Å². The largest absolute Gasteiger partial charge is 0.493 e. The van der Waals surface area contributed by atoms with Gasteiger partial charge in [0.15, 0.2) is 23.0 Å². The topological polar surface area (TPSA) is 98.8 Å². The highest BCUT2D eigenvalue weighted by Gasteiger charge is 2.34. The Morgan fingerprint density at radius 2 is 1.55 bits per heavy atom. The summed E-state index contributed by atoms with van der Waals surface area (Å²) in [6.07, 6.45) is -1.19. The number of ether oxygens (including phenoxy) is 7. The highest BCUT2D eigenvalue weighted by Crippen LogP contribution is 2.48. The van der Waals surface area contributed by atoms with Crippen molar-refractivity contribution in [2.45, 2.75) is 12.9 Å². The maximum absolute atomic E-state index is 12.7. The Morgan fingerprint density at radius 3 is 2.15 bits per heavy atom. The number of fused-ring (bicyclic) bond motifs is 3. The first-order chi connectivity index (χ1) is 16.0. The lowest BCUT2D eigenvalue weighted by Gasteiger charge is -2.17. The second kappa shape index (κ2) is 7.77. The molecule has 0 saturated heterocycles. The van der Waals surface area contributed by atoms with Gasteiger partial charge in [0.2, 0.25) is 5.75 Å². The average molecular weight is 452 g/mol. The number of rotatable bonds is 5. The van der Waals surface area contributed by atoms with E-state index in [1.807, 2.05) is 6.07 Å². The fraction of sp³-hybridized carbons (Fsp3) is 0.250. The van der Waals surface area contributed by atoms with Crippen molar-refractivity contribution in [1.82, 2.24) is 0 Å². The van der Waals surface area contributed by atoms with Crippen molar-refractivity contribution >= 4 is 22.7 Å². The zero-order valence-corrected chi connectivity index (χ0v) is 18.3. The minimum atomic E-state index is -1.19. The number of benzene rings is 3. The molecule has 9 heteroatoms. The van der Waals surface area contributed by atoms with Crippen LogP contribution in [0.2, 0.25) is 0 Å². The van der Waals surface area contributed by atoms with Crippen LogP contribution in [0.4, 0.5) is 0 Å². The van der Waals surface area contributed by atoms with E-state index in [9.17, 15) is 9.59 Å². The van der Waals surface area contributed by atoms with E-state index in [0.717, 1.165) is 10.9 Å². The van der Waals surface area contributed by atoms with Gasteiger partial charge in [0, 0.05) is 11.1 Å². The molecule has 2 heterocycles. The molecule has 0 amide bonds. The predicted molar refractivity (Wildman–Crippen MR) is 115 cm³/mol. The molecule has 0 spiro atoms. The minimum absolute atomic E-state index is 0.154. The third kappa shape index (κ3) is 3.15. The Morgan fingerprint density at radius 1 is 0.879 bits per heavy atom. The Kier molecular flexibility index (Phi) is 4.88. The van der Waals surface area contributed by atoms with Gasteiger partial charge in [-0.15, -0.1) is 0 Å². The van der Waals surface area contributed by atoms with E-state index in [1.165, 1.54) is 28.4 Å². The molecule has 3 aromatic rings. The van der Waals surface area contributed by atoms with Crippen LogP contribution in [0.5, 0.6) is 28.7 Å². The first-order valence-corrected chi connectivity index (χ1v) is 10.0. The molecule has 1 unspecified atom stereocenters. The molecule has 9 nitrogen and oxygen atoms in total. The van der Waals surface area contributed by atoms with Crippen molar-refractivity contribution in [3.8, 4) is 39.9 Å². The molecular weight excluding hydrogens is 432 g/mol. The normalized spacial score (nSPS) is 15.8. The molecule has 170 valence electrons. The Balaban J connectivity index is 1.78. The van der Waals surface area contributed by atoms with Crippen LogP contribution in [0, 0.1) is 0 Å². The van der Waals surface area contributed by atoms with Crippen LogP contribution in [0.15, 0.2) is 30.3 Å². The highest BCUT2D eigenvalue weighted by molar-refractivity contribution is 6.11. The Bertz CT molecular complexity index is 1290. The zero-order valence-electron chi connectivity index (χ0n) is 18.3. The van der Waals surface area contributed by atoms with E-state index in [-0.39, 0.29) is 6.61 Å². The summed E-state index contributed by atoms with van der Waals surface area (Å²) in [5.74, 6) is 0.997. The molecule has 2 aliphatic rings. The predicted octanol–water partition coefficient (Wildman–Crippen LogP) is 3.47. The molecule has 33 heavy (non-hydrogen) atoms. The van der Waals surface area contributed by atoms with E-state index >= 15 is 0 Å². The number of carbonyl (C=O) groups excluding carboxylic acids is 2. The van der Waals surface area contributed by atoms with E-state index in [0.29, 0.717) is 50.8 Å². The van der Waals surface area contributed by atoms with Crippen LogP contribution < -0.4 is 23.7 Å². The van der Waals surface area contributed by atoms with Crippen LogP contribution in [0.25, 0.3) is 21.9 Å². The standard InChI is InChI=1S/C24H20O9/c1-27-17-7-12(8-18(28-2)21(17)29-3)19-14-9-16-15(32-24(33-16)23(26)30-4)6-11(14)5-13-10-31-22(25)20(13)19/h5-9,24H,10H2,1-4H3. The molecule has 5 rings (SSSR count). The number of carbonyl (C=O) groups is 2. The number of hydrogen-bond acceptors (Lipinski definition) is 9. The van der Waals surface area contributed by atoms with Gasteiger partial charge >= 0.3 is 18.2 Å². The average Bonchev–Trinajstić information content (AvgIpc) is 3.42.